The van der Waals surface area contributed by atoms with Crippen LogP contribution < -0.4 is 16.4 Å². The third-order valence-corrected chi connectivity index (χ3v) is 2.20. The van der Waals surface area contributed by atoms with Gasteiger partial charge in [0.05, 0.1) is 0 Å². The standard InChI is InChI=1S/C10H17N5O/c1-6(2)9(10(11)16)15-8-4-7(12-3)13-5-14-8/h4-6,9H,1-3H3,(H2,11,16)(H2,12,13,14,15). The Hall–Kier alpha value is -1.85. The van der Waals surface area contributed by atoms with Gasteiger partial charge in [-0.3, -0.25) is 4.79 Å². The quantitative estimate of drug-likeness (QED) is 0.673. The van der Waals surface area contributed by atoms with Crippen molar-refractivity contribution < 1.29 is 4.79 Å². The van der Waals surface area contributed by atoms with E-state index in [4.69, 9.17) is 5.73 Å². The van der Waals surface area contributed by atoms with Crippen LogP contribution in [0.4, 0.5) is 11.6 Å². The van der Waals surface area contributed by atoms with E-state index in [2.05, 4.69) is 20.6 Å². The van der Waals surface area contributed by atoms with E-state index < -0.39 is 6.04 Å². The van der Waals surface area contributed by atoms with Gasteiger partial charge in [-0.05, 0) is 5.92 Å². The van der Waals surface area contributed by atoms with Crippen molar-refractivity contribution >= 4 is 17.5 Å². The van der Waals surface area contributed by atoms with Crippen molar-refractivity contribution in [3.05, 3.63) is 12.4 Å². The summed E-state index contributed by atoms with van der Waals surface area (Å²) in [5.41, 5.74) is 5.30. The Bertz CT molecular complexity index is 366. The van der Waals surface area contributed by atoms with Crippen molar-refractivity contribution in [2.45, 2.75) is 19.9 Å². The fourth-order valence-electron chi connectivity index (χ4n) is 1.30. The zero-order valence-electron chi connectivity index (χ0n) is 9.69. The van der Waals surface area contributed by atoms with Crippen LogP contribution in [0.15, 0.2) is 12.4 Å². The molecule has 6 nitrogen and oxygen atoms in total. The molecule has 0 aromatic carbocycles. The van der Waals surface area contributed by atoms with Gasteiger partial charge < -0.3 is 16.4 Å². The summed E-state index contributed by atoms with van der Waals surface area (Å²) in [6, 6.07) is 1.29. The molecule has 0 aliphatic heterocycles. The molecule has 0 aliphatic carbocycles. The molecular weight excluding hydrogens is 206 g/mol. The summed E-state index contributed by atoms with van der Waals surface area (Å²) in [6.07, 6.45) is 1.42. The molecular formula is C10H17N5O. The van der Waals surface area contributed by atoms with Crippen LogP contribution in [-0.4, -0.2) is 29.0 Å². The highest BCUT2D eigenvalue weighted by atomic mass is 16.1. The summed E-state index contributed by atoms with van der Waals surface area (Å²) in [5.74, 6) is 0.978. The van der Waals surface area contributed by atoms with Crippen LogP contribution in [0.1, 0.15) is 13.8 Å². The smallest absolute Gasteiger partial charge is 0.240 e. The SMILES string of the molecule is CNc1cc(NC(C(N)=O)C(C)C)ncn1. The fourth-order valence-corrected chi connectivity index (χ4v) is 1.30. The monoisotopic (exact) mass is 223 g/mol. The number of anilines is 2. The number of nitrogens with two attached hydrogens (primary N) is 1. The molecule has 0 fully saturated rings. The Balaban J connectivity index is 2.81. The Kier molecular flexibility index (Phi) is 4.04. The lowest BCUT2D eigenvalue weighted by Crippen LogP contribution is -2.39. The molecule has 88 valence electrons. The second kappa shape index (κ2) is 5.29. The van der Waals surface area contributed by atoms with Crippen molar-refractivity contribution in [1.82, 2.24) is 9.97 Å². The average Bonchev–Trinajstić information content (AvgIpc) is 2.25. The number of carbonyl (C=O) groups excluding carboxylic acids is 1. The van der Waals surface area contributed by atoms with Crippen molar-refractivity contribution in [3.63, 3.8) is 0 Å². The Morgan fingerprint density at radius 2 is 2.00 bits per heavy atom. The largest absolute Gasteiger partial charge is 0.373 e. The molecule has 0 bridgehead atoms. The first kappa shape index (κ1) is 12.2. The average molecular weight is 223 g/mol. The summed E-state index contributed by atoms with van der Waals surface area (Å²) >= 11 is 0. The van der Waals surface area contributed by atoms with Crippen LogP contribution in [0.5, 0.6) is 0 Å². The van der Waals surface area contributed by atoms with E-state index in [0.717, 1.165) is 0 Å². The second-order valence-electron chi connectivity index (χ2n) is 3.81. The topological polar surface area (TPSA) is 92.9 Å². The minimum absolute atomic E-state index is 0.102. The minimum Gasteiger partial charge on any atom is -0.373 e. The zero-order valence-corrected chi connectivity index (χ0v) is 9.69. The number of primary amides is 1. The van der Waals surface area contributed by atoms with E-state index in [9.17, 15) is 4.79 Å². The van der Waals surface area contributed by atoms with E-state index in [1.54, 1.807) is 13.1 Å². The van der Waals surface area contributed by atoms with E-state index in [1.165, 1.54) is 6.33 Å². The van der Waals surface area contributed by atoms with E-state index in [-0.39, 0.29) is 11.8 Å². The Morgan fingerprint density at radius 3 is 2.50 bits per heavy atom. The Labute approximate surface area is 94.7 Å². The predicted octanol–water partition coefficient (Wildman–Crippen LogP) is 0.440. The summed E-state index contributed by atoms with van der Waals surface area (Å²) < 4.78 is 0. The van der Waals surface area contributed by atoms with Gasteiger partial charge in [-0.1, -0.05) is 13.8 Å². The second-order valence-corrected chi connectivity index (χ2v) is 3.81. The van der Waals surface area contributed by atoms with E-state index in [1.807, 2.05) is 13.8 Å². The van der Waals surface area contributed by atoms with Crippen LogP contribution in [0.3, 0.4) is 0 Å². The van der Waals surface area contributed by atoms with Crippen LogP contribution in [0, 0.1) is 5.92 Å². The minimum atomic E-state index is -0.431. The normalized spacial score (nSPS) is 12.2. The molecule has 1 amide bonds. The van der Waals surface area contributed by atoms with Crippen molar-refractivity contribution in [1.29, 1.82) is 0 Å². The van der Waals surface area contributed by atoms with Gasteiger partial charge in [0, 0.05) is 13.1 Å². The molecule has 6 heteroatoms. The highest BCUT2D eigenvalue weighted by Gasteiger charge is 2.19. The molecule has 1 aromatic heterocycles. The van der Waals surface area contributed by atoms with Gasteiger partial charge in [0.15, 0.2) is 0 Å². The van der Waals surface area contributed by atoms with Crippen molar-refractivity contribution in [3.8, 4) is 0 Å². The first-order valence-electron chi connectivity index (χ1n) is 5.10. The van der Waals surface area contributed by atoms with Crippen LogP contribution in [0.25, 0.3) is 0 Å². The van der Waals surface area contributed by atoms with Crippen LogP contribution >= 0.6 is 0 Å². The Morgan fingerprint density at radius 1 is 1.38 bits per heavy atom. The highest BCUT2D eigenvalue weighted by molar-refractivity contribution is 5.83. The number of amides is 1. The maximum Gasteiger partial charge on any atom is 0.240 e. The molecule has 1 atom stereocenters. The van der Waals surface area contributed by atoms with Crippen LogP contribution in [-0.2, 0) is 4.79 Å². The molecule has 0 saturated heterocycles. The third kappa shape index (κ3) is 3.08. The zero-order chi connectivity index (χ0) is 12.1. The lowest BCUT2D eigenvalue weighted by molar-refractivity contribution is -0.119. The van der Waals surface area contributed by atoms with Gasteiger partial charge in [-0.15, -0.1) is 0 Å². The van der Waals surface area contributed by atoms with Crippen molar-refractivity contribution in [2.75, 3.05) is 17.7 Å². The number of carbonyl (C=O) groups is 1. The molecule has 0 spiro atoms. The van der Waals surface area contributed by atoms with Gasteiger partial charge in [0.1, 0.15) is 24.0 Å². The molecule has 0 saturated carbocycles. The molecule has 1 unspecified atom stereocenters. The molecule has 0 radical (unpaired) electrons. The lowest BCUT2D eigenvalue weighted by Gasteiger charge is -2.19. The summed E-state index contributed by atoms with van der Waals surface area (Å²) in [6.45, 7) is 3.84. The maximum absolute atomic E-state index is 11.2. The number of nitrogens with one attached hydrogen (secondary N) is 2. The summed E-state index contributed by atoms with van der Waals surface area (Å²) in [5, 5.41) is 5.88. The van der Waals surface area contributed by atoms with Gasteiger partial charge in [-0.25, -0.2) is 9.97 Å². The van der Waals surface area contributed by atoms with E-state index in [0.29, 0.717) is 11.6 Å². The molecule has 1 rings (SSSR count). The number of aromatic nitrogens is 2. The first-order valence-corrected chi connectivity index (χ1v) is 5.10. The number of rotatable bonds is 5. The summed E-state index contributed by atoms with van der Waals surface area (Å²) in [7, 11) is 1.76. The fraction of sp³-hybridized carbons (Fsp3) is 0.500. The molecule has 1 aromatic rings. The predicted molar refractivity (Wildman–Crippen MR) is 63.0 cm³/mol. The molecule has 16 heavy (non-hydrogen) atoms. The van der Waals surface area contributed by atoms with Crippen LogP contribution in [0.2, 0.25) is 0 Å². The van der Waals surface area contributed by atoms with E-state index >= 15 is 0 Å². The van der Waals surface area contributed by atoms with Gasteiger partial charge in [-0.2, -0.15) is 0 Å². The van der Waals surface area contributed by atoms with Crippen molar-refractivity contribution in [2.24, 2.45) is 11.7 Å². The number of nitrogens with zero attached hydrogens (tertiary/aromatic N) is 2. The van der Waals surface area contributed by atoms with Gasteiger partial charge in [0.25, 0.3) is 0 Å². The maximum atomic E-state index is 11.2. The highest BCUT2D eigenvalue weighted by Crippen LogP contribution is 2.12. The van der Waals surface area contributed by atoms with Gasteiger partial charge in [0.2, 0.25) is 5.91 Å². The lowest BCUT2D eigenvalue weighted by atomic mass is 10.0. The number of hydrogen-bond acceptors (Lipinski definition) is 5. The molecule has 0 aliphatic rings. The third-order valence-electron chi connectivity index (χ3n) is 2.20. The summed E-state index contributed by atoms with van der Waals surface area (Å²) in [4.78, 5) is 19.2. The number of hydrogen-bond donors (Lipinski definition) is 3. The molecule has 4 N–H and O–H groups in total. The molecule has 1 heterocycles. The first-order chi connectivity index (χ1) is 7.54. The van der Waals surface area contributed by atoms with Gasteiger partial charge >= 0.3 is 0 Å².